The zero-order valence-electron chi connectivity index (χ0n) is 15.8. The lowest BCUT2D eigenvalue weighted by Crippen LogP contribution is -2.28. The Hall–Kier alpha value is -2.82. The number of hydrogen-bond donors (Lipinski definition) is 1. The van der Waals surface area contributed by atoms with Gasteiger partial charge in [-0.2, -0.15) is 0 Å². The first-order valence-corrected chi connectivity index (χ1v) is 9.70. The Labute approximate surface area is 166 Å². The van der Waals surface area contributed by atoms with E-state index in [4.69, 9.17) is 14.2 Å². The van der Waals surface area contributed by atoms with Crippen molar-refractivity contribution in [2.75, 3.05) is 13.2 Å². The molecule has 3 aromatic rings. The summed E-state index contributed by atoms with van der Waals surface area (Å²) in [6.07, 6.45) is 1.19. The average molecular weight is 375 g/mol. The van der Waals surface area contributed by atoms with E-state index in [9.17, 15) is 0 Å². The molecule has 0 unspecified atom stereocenters. The van der Waals surface area contributed by atoms with Crippen molar-refractivity contribution in [2.24, 2.45) is 0 Å². The largest absolute Gasteiger partial charge is 0.492 e. The standard InChI is InChI=1S/C24H25NO3/c1-3-7-19(8-4-1)17-26-24-15-20(25-16-24)18-27-21-11-13-23(14-12-21)28-22-9-5-2-6-10-22/h1-14,20,24-25H,15-18H2/t20-,24+/m0/s1. The molecule has 0 radical (unpaired) electrons. The quantitative estimate of drug-likeness (QED) is 0.614. The number of benzene rings is 3. The summed E-state index contributed by atoms with van der Waals surface area (Å²) in [6, 6.07) is 28.1. The molecule has 28 heavy (non-hydrogen) atoms. The molecule has 1 N–H and O–H groups in total. The van der Waals surface area contributed by atoms with Crippen molar-refractivity contribution < 1.29 is 14.2 Å². The first kappa shape index (κ1) is 18.5. The molecule has 0 amide bonds. The van der Waals surface area contributed by atoms with Crippen LogP contribution in [0.2, 0.25) is 0 Å². The van der Waals surface area contributed by atoms with E-state index in [0.29, 0.717) is 19.3 Å². The number of nitrogens with one attached hydrogen (secondary N) is 1. The average Bonchev–Trinajstić information content (AvgIpc) is 3.21. The molecule has 0 spiro atoms. The van der Waals surface area contributed by atoms with Gasteiger partial charge in [0, 0.05) is 12.6 Å². The molecule has 1 aliphatic rings. The van der Waals surface area contributed by atoms with Gasteiger partial charge in [-0.05, 0) is 48.4 Å². The van der Waals surface area contributed by atoms with Gasteiger partial charge in [0.05, 0.1) is 12.7 Å². The summed E-state index contributed by atoms with van der Waals surface area (Å²) >= 11 is 0. The summed E-state index contributed by atoms with van der Waals surface area (Å²) < 4.78 is 17.7. The van der Waals surface area contributed by atoms with Crippen molar-refractivity contribution in [1.82, 2.24) is 5.32 Å². The lowest BCUT2D eigenvalue weighted by atomic mass is 10.2. The molecule has 0 saturated carbocycles. The molecule has 4 rings (SSSR count). The van der Waals surface area contributed by atoms with Crippen molar-refractivity contribution in [3.05, 3.63) is 90.5 Å². The van der Waals surface area contributed by atoms with E-state index in [0.717, 1.165) is 30.2 Å². The molecule has 144 valence electrons. The molecule has 4 nitrogen and oxygen atoms in total. The van der Waals surface area contributed by atoms with Crippen LogP contribution in [-0.4, -0.2) is 25.3 Å². The SMILES string of the molecule is c1ccc(CO[C@H]2CN[C@H](COc3ccc(Oc4ccccc4)cc3)C2)cc1. The summed E-state index contributed by atoms with van der Waals surface area (Å²) in [6.45, 7) is 2.15. The number of hydrogen-bond acceptors (Lipinski definition) is 4. The van der Waals surface area contributed by atoms with Crippen molar-refractivity contribution >= 4 is 0 Å². The van der Waals surface area contributed by atoms with Gasteiger partial charge in [-0.1, -0.05) is 48.5 Å². The summed E-state index contributed by atoms with van der Waals surface area (Å²) in [5.74, 6) is 2.47. The van der Waals surface area contributed by atoms with Gasteiger partial charge < -0.3 is 19.5 Å². The molecule has 2 atom stereocenters. The minimum absolute atomic E-state index is 0.232. The molecule has 1 aliphatic heterocycles. The van der Waals surface area contributed by atoms with Crippen LogP contribution in [0, 0.1) is 0 Å². The van der Waals surface area contributed by atoms with E-state index in [2.05, 4.69) is 17.4 Å². The van der Waals surface area contributed by atoms with Crippen LogP contribution in [0.4, 0.5) is 0 Å². The summed E-state index contributed by atoms with van der Waals surface area (Å²) in [5.41, 5.74) is 1.21. The third-order valence-corrected chi connectivity index (χ3v) is 4.76. The Morgan fingerprint density at radius 3 is 2.14 bits per heavy atom. The zero-order chi connectivity index (χ0) is 19.0. The third-order valence-electron chi connectivity index (χ3n) is 4.76. The summed E-state index contributed by atoms with van der Waals surface area (Å²) in [5, 5.41) is 3.48. The van der Waals surface area contributed by atoms with Gasteiger partial charge in [0.15, 0.2) is 0 Å². The molecular weight excluding hydrogens is 350 g/mol. The monoisotopic (exact) mass is 375 g/mol. The highest BCUT2D eigenvalue weighted by Crippen LogP contribution is 2.24. The Balaban J connectivity index is 1.19. The lowest BCUT2D eigenvalue weighted by molar-refractivity contribution is 0.0515. The fourth-order valence-electron chi connectivity index (χ4n) is 3.25. The van der Waals surface area contributed by atoms with Gasteiger partial charge in [0.25, 0.3) is 0 Å². The van der Waals surface area contributed by atoms with Crippen LogP contribution >= 0.6 is 0 Å². The fraction of sp³-hybridized carbons (Fsp3) is 0.250. The normalized spacial score (nSPS) is 18.7. The van der Waals surface area contributed by atoms with Crippen LogP contribution in [-0.2, 0) is 11.3 Å². The topological polar surface area (TPSA) is 39.7 Å². The maximum absolute atomic E-state index is 6.01. The molecular formula is C24H25NO3. The van der Waals surface area contributed by atoms with E-state index < -0.39 is 0 Å². The van der Waals surface area contributed by atoms with E-state index in [1.54, 1.807) is 0 Å². The maximum atomic E-state index is 6.01. The summed E-state index contributed by atoms with van der Waals surface area (Å²) in [4.78, 5) is 0. The van der Waals surface area contributed by atoms with Crippen molar-refractivity contribution in [3.8, 4) is 17.2 Å². The Morgan fingerprint density at radius 1 is 0.750 bits per heavy atom. The Bertz CT molecular complexity index is 837. The molecule has 1 fully saturated rings. The van der Waals surface area contributed by atoms with Crippen LogP contribution < -0.4 is 14.8 Å². The highest BCUT2D eigenvalue weighted by Gasteiger charge is 2.25. The number of para-hydroxylation sites is 1. The zero-order valence-corrected chi connectivity index (χ0v) is 15.8. The molecule has 0 aromatic heterocycles. The number of rotatable bonds is 8. The van der Waals surface area contributed by atoms with E-state index in [1.807, 2.05) is 72.8 Å². The van der Waals surface area contributed by atoms with Crippen molar-refractivity contribution in [1.29, 1.82) is 0 Å². The predicted octanol–water partition coefficient (Wildman–Crippen LogP) is 4.81. The highest BCUT2D eigenvalue weighted by molar-refractivity contribution is 5.35. The van der Waals surface area contributed by atoms with Crippen LogP contribution in [0.5, 0.6) is 17.2 Å². The number of ether oxygens (including phenoxy) is 3. The maximum Gasteiger partial charge on any atom is 0.127 e. The molecule has 0 bridgehead atoms. The second-order valence-electron chi connectivity index (χ2n) is 6.96. The van der Waals surface area contributed by atoms with E-state index in [-0.39, 0.29) is 6.10 Å². The van der Waals surface area contributed by atoms with E-state index in [1.165, 1.54) is 5.56 Å². The molecule has 1 heterocycles. The minimum atomic E-state index is 0.232. The highest BCUT2D eigenvalue weighted by atomic mass is 16.5. The molecule has 1 saturated heterocycles. The van der Waals surface area contributed by atoms with Crippen molar-refractivity contribution in [2.45, 2.75) is 25.2 Å². The lowest BCUT2D eigenvalue weighted by Gasteiger charge is -2.13. The molecule has 0 aliphatic carbocycles. The Morgan fingerprint density at radius 2 is 1.39 bits per heavy atom. The third kappa shape index (κ3) is 5.35. The summed E-state index contributed by atoms with van der Waals surface area (Å²) in [7, 11) is 0. The fourth-order valence-corrected chi connectivity index (χ4v) is 3.25. The Kier molecular flexibility index (Phi) is 6.22. The van der Waals surface area contributed by atoms with E-state index >= 15 is 0 Å². The van der Waals surface area contributed by atoms with Gasteiger partial charge in [0.2, 0.25) is 0 Å². The molecule has 3 aromatic carbocycles. The van der Waals surface area contributed by atoms with Gasteiger partial charge in [-0.15, -0.1) is 0 Å². The first-order chi connectivity index (χ1) is 13.8. The van der Waals surface area contributed by atoms with Gasteiger partial charge in [0.1, 0.15) is 23.9 Å². The smallest absolute Gasteiger partial charge is 0.127 e. The van der Waals surface area contributed by atoms with Gasteiger partial charge in [-0.25, -0.2) is 0 Å². The van der Waals surface area contributed by atoms with Crippen LogP contribution in [0.15, 0.2) is 84.9 Å². The minimum Gasteiger partial charge on any atom is -0.492 e. The van der Waals surface area contributed by atoms with Crippen molar-refractivity contribution in [3.63, 3.8) is 0 Å². The van der Waals surface area contributed by atoms with Crippen LogP contribution in [0.3, 0.4) is 0 Å². The molecule has 4 heteroatoms. The predicted molar refractivity (Wildman–Crippen MR) is 110 cm³/mol. The van der Waals surface area contributed by atoms with Crippen LogP contribution in [0.1, 0.15) is 12.0 Å². The first-order valence-electron chi connectivity index (χ1n) is 9.70. The second kappa shape index (κ2) is 9.40. The second-order valence-corrected chi connectivity index (χ2v) is 6.96. The van der Waals surface area contributed by atoms with Gasteiger partial charge >= 0.3 is 0 Å². The van der Waals surface area contributed by atoms with Gasteiger partial charge in [-0.3, -0.25) is 0 Å². The van der Waals surface area contributed by atoms with Crippen LogP contribution in [0.25, 0.3) is 0 Å².